The van der Waals surface area contributed by atoms with E-state index in [4.69, 9.17) is 0 Å². The van der Waals surface area contributed by atoms with Gasteiger partial charge in [0.2, 0.25) is 0 Å². The zero-order valence-electron chi connectivity index (χ0n) is 14.7. The van der Waals surface area contributed by atoms with E-state index in [0.29, 0.717) is 21.9 Å². The van der Waals surface area contributed by atoms with Crippen LogP contribution in [0.5, 0.6) is 0 Å². The molecule has 3 heterocycles. The Labute approximate surface area is 165 Å². The zero-order valence-corrected chi connectivity index (χ0v) is 16.3. The highest BCUT2D eigenvalue weighted by atomic mass is 32.1. The van der Waals surface area contributed by atoms with Crippen LogP contribution >= 0.6 is 22.7 Å². The number of anilines is 2. The van der Waals surface area contributed by atoms with Crippen LogP contribution in [0.2, 0.25) is 0 Å². The third-order valence-electron chi connectivity index (χ3n) is 4.57. The van der Waals surface area contributed by atoms with Crippen LogP contribution in [0.1, 0.15) is 50.4 Å². The lowest BCUT2D eigenvalue weighted by molar-refractivity contribution is 0.102. The van der Waals surface area contributed by atoms with E-state index in [0.717, 1.165) is 31.2 Å². The van der Waals surface area contributed by atoms with Gasteiger partial charge in [-0.05, 0) is 54.8 Å². The molecule has 0 aliphatic heterocycles. The number of amides is 2. The van der Waals surface area contributed by atoms with Crippen LogP contribution in [0.3, 0.4) is 0 Å². The Hall–Kier alpha value is -2.51. The van der Waals surface area contributed by atoms with E-state index in [2.05, 4.69) is 15.6 Å². The van der Waals surface area contributed by atoms with Gasteiger partial charge in [-0.2, -0.15) is 11.3 Å². The molecule has 0 radical (unpaired) electrons. The van der Waals surface area contributed by atoms with Gasteiger partial charge in [-0.3, -0.25) is 9.59 Å². The van der Waals surface area contributed by atoms with E-state index in [1.54, 1.807) is 24.4 Å². The molecule has 3 aromatic rings. The Balaban J connectivity index is 1.67. The van der Waals surface area contributed by atoms with Crippen molar-refractivity contribution in [1.82, 2.24) is 4.98 Å². The molecule has 4 rings (SSSR count). The van der Waals surface area contributed by atoms with Crippen LogP contribution in [-0.2, 0) is 12.8 Å². The lowest BCUT2D eigenvalue weighted by Gasteiger charge is -2.09. The largest absolute Gasteiger partial charge is 0.313 e. The summed E-state index contributed by atoms with van der Waals surface area (Å²) in [6.45, 7) is 0. The normalized spacial score (nSPS) is 13.5. The van der Waals surface area contributed by atoms with Crippen LogP contribution < -0.4 is 10.6 Å². The molecule has 2 N–H and O–H groups in total. The average Bonchev–Trinajstić information content (AvgIpc) is 3.26. The predicted molar refractivity (Wildman–Crippen MR) is 110 cm³/mol. The molecule has 0 bridgehead atoms. The van der Waals surface area contributed by atoms with Crippen LogP contribution in [-0.4, -0.2) is 16.8 Å². The highest BCUT2D eigenvalue weighted by Crippen LogP contribution is 2.38. The Morgan fingerprint density at radius 2 is 1.89 bits per heavy atom. The van der Waals surface area contributed by atoms with Crippen molar-refractivity contribution < 1.29 is 9.59 Å². The van der Waals surface area contributed by atoms with Crippen LogP contribution in [0.25, 0.3) is 0 Å². The first-order chi connectivity index (χ1) is 13.2. The number of carbonyl (C=O) groups excluding carboxylic acids is 2. The van der Waals surface area contributed by atoms with Gasteiger partial charge in [0, 0.05) is 16.5 Å². The molecular formula is C20H19N3O2S2. The van der Waals surface area contributed by atoms with E-state index >= 15 is 0 Å². The maximum atomic E-state index is 13.1. The number of aromatic nitrogens is 1. The zero-order chi connectivity index (χ0) is 18.6. The van der Waals surface area contributed by atoms with E-state index in [1.165, 1.54) is 34.0 Å². The first-order valence-electron chi connectivity index (χ1n) is 8.93. The Morgan fingerprint density at radius 3 is 2.67 bits per heavy atom. The minimum absolute atomic E-state index is 0.181. The number of aryl methyl sites for hydroxylation is 1. The minimum atomic E-state index is -0.214. The van der Waals surface area contributed by atoms with Crippen molar-refractivity contribution in [2.24, 2.45) is 0 Å². The molecule has 3 aromatic heterocycles. The molecular weight excluding hydrogens is 378 g/mol. The van der Waals surface area contributed by atoms with Crippen molar-refractivity contribution in [1.29, 1.82) is 0 Å². The third kappa shape index (κ3) is 3.94. The fraction of sp³-hybridized carbons (Fsp3) is 0.250. The molecule has 0 atom stereocenters. The summed E-state index contributed by atoms with van der Waals surface area (Å²) < 4.78 is 0. The summed E-state index contributed by atoms with van der Waals surface area (Å²) in [5.74, 6) is 0.111. The van der Waals surface area contributed by atoms with Gasteiger partial charge in [0.25, 0.3) is 11.8 Å². The molecule has 0 unspecified atom stereocenters. The van der Waals surface area contributed by atoms with Crippen LogP contribution in [0, 0.1) is 0 Å². The summed E-state index contributed by atoms with van der Waals surface area (Å²) in [6.07, 6.45) is 6.81. The fourth-order valence-corrected chi connectivity index (χ4v) is 5.17. The Morgan fingerprint density at radius 1 is 1.00 bits per heavy atom. The molecule has 2 amide bonds. The van der Waals surface area contributed by atoms with Crippen molar-refractivity contribution >= 4 is 45.3 Å². The average molecular weight is 398 g/mol. The quantitative estimate of drug-likeness (QED) is 0.610. The first kappa shape index (κ1) is 17.9. The number of fused-ring (bicyclic) bond motifs is 1. The van der Waals surface area contributed by atoms with E-state index < -0.39 is 0 Å². The molecule has 1 aliphatic carbocycles. The monoisotopic (exact) mass is 397 g/mol. The summed E-state index contributed by atoms with van der Waals surface area (Å²) >= 11 is 3.01. The van der Waals surface area contributed by atoms with Gasteiger partial charge < -0.3 is 10.6 Å². The Bertz CT molecular complexity index is 949. The third-order valence-corrected chi connectivity index (χ3v) is 6.46. The number of nitrogens with zero attached hydrogens (tertiary/aromatic N) is 1. The number of hydrogen-bond acceptors (Lipinski definition) is 5. The van der Waals surface area contributed by atoms with Crippen LogP contribution in [0.4, 0.5) is 10.8 Å². The molecule has 5 nitrogen and oxygen atoms in total. The van der Waals surface area contributed by atoms with Crippen molar-refractivity contribution in [3.05, 3.63) is 62.8 Å². The van der Waals surface area contributed by atoms with Gasteiger partial charge >= 0.3 is 0 Å². The molecule has 0 aromatic carbocycles. The molecule has 138 valence electrons. The molecule has 0 saturated heterocycles. The second kappa shape index (κ2) is 8.02. The van der Waals surface area contributed by atoms with Gasteiger partial charge in [0.05, 0.1) is 11.1 Å². The summed E-state index contributed by atoms with van der Waals surface area (Å²) in [7, 11) is 0. The Kier molecular flexibility index (Phi) is 5.31. The van der Waals surface area contributed by atoms with Gasteiger partial charge in [-0.25, -0.2) is 4.98 Å². The maximum absolute atomic E-state index is 13.1. The molecule has 0 spiro atoms. The lowest BCUT2D eigenvalue weighted by Crippen LogP contribution is -2.18. The van der Waals surface area contributed by atoms with Gasteiger partial charge in [0.15, 0.2) is 0 Å². The second-order valence-electron chi connectivity index (χ2n) is 6.40. The molecule has 0 fully saturated rings. The van der Waals surface area contributed by atoms with Gasteiger partial charge in [-0.1, -0.05) is 12.5 Å². The number of pyridine rings is 1. The summed E-state index contributed by atoms with van der Waals surface area (Å²) in [6, 6.07) is 7.17. The SMILES string of the molecule is O=C(Nc1sc2c(c1C(=O)Nc1ccccn1)CCCCC2)c1ccsc1. The summed E-state index contributed by atoms with van der Waals surface area (Å²) in [5, 5.41) is 10.1. The van der Waals surface area contributed by atoms with Crippen molar-refractivity contribution in [2.45, 2.75) is 32.1 Å². The topological polar surface area (TPSA) is 71.1 Å². The van der Waals surface area contributed by atoms with Gasteiger partial charge in [0.1, 0.15) is 10.8 Å². The highest BCUT2D eigenvalue weighted by molar-refractivity contribution is 7.17. The fourth-order valence-electron chi connectivity index (χ4n) is 3.26. The number of rotatable bonds is 4. The smallest absolute Gasteiger partial charge is 0.260 e. The molecule has 27 heavy (non-hydrogen) atoms. The number of nitrogens with one attached hydrogen (secondary N) is 2. The van der Waals surface area contributed by atoms with E-state index in [-0.39, 0.29) is 11.8 Å². The van der Waals surface area contributed by atoms with E-state index in [1.807, 2.05) is 16.8 Å². The van der Waals surface area contributed by atoms with Crippen molar-refractivity contribution in [3.63, 3.8) is 0 Å². The molecule has 7 heteroatoms. The highest BCUT2D eigenvalue weighted by Gasteiger charge is 2.26. The van der Waals surface area contributed by atoms with Crippen LogP contribution in [0.15, 0.2) is 41.2 Å². The standard InChI is InChI=1S/C20H19N3O2S2/c24-18(13-9-11-26-12-13)23-20-17(14-6-2-1-3-7-15(14)27-20)19(25)22-16-8-4-5-10-21-16/h4-5,8-12H,1-3,6-7H2,(H,23,24)(H,21,22,25). The predicted octanol–water partition coefficient (Wildman–Crippen LogP) is 4.98. The molecule has 0 saturated carbocycles. The van der Waals surface area contributed by atoms with E-state index in [9.17, 15) is 9.59 Å². The lowest BCUT2D eigenvalue weighted by atomic mass is 10.0. The summed E-state index contributed by atoms with van der Waals surface area (Å²) in [5.41, 5.74) is 2.28. The number of carbonyl (C=O) groups is 2. The van der Waals surface area contributed by atoms with Gasteiger partial charge in [-0.15, -0.1) is 11.3 Å². The van der Waals surface area contributed by atoms with Crippen molar-refractivity contribution in [2.75, 3.05) is 10.6 Å². The maximum Gasteiger partial charge on any atom is 0.260 e. The minimum Gasteiger partial charge on any atom is -0.313 e. The van der Waals surface area contributed by atoms with Crippen molar-refractivity contribution in [3.8, 4) is 0 Å². The number of thiophene rings is 2. The number of hydrogen-bond donors (Lipinski definition) is 2. The molecule has 1 aliphatic rings. The second-order valence-corrected chi connectivity index (χ2v) is 8.29. The first-order valence-corrected chi connectivity index (χ1v) is 10.7. The summed E-state index contributed by atoms with van der Waals surface area (Å²) in [4.78, 5) is 31.0.